The van der Waals surface area contributed by atoms with E-state index in [4.69, 9.17) is 9.84 Å². The normalized spacial score (nSPS) is 11.8. The molecule has 0 saturated heterocycles. The zero-order chi connectivity index (χ0) is 17.2. The third-order valence-electron chi connectivity index (χ3n) is 3.95. The second-order valence-electron chi connectivity index (χ2n) is 6.18. The number of nitrogens with zero attached hydrogens (tertiary/aromatic N) is 2. The van der Waals surface area contributed by atoms with Crippen LogP contribution in [0.25, 0.3) is 10.9 Å². The van der Waals surface area contributed by atoms with Crippen molar-refractivity contribution in [2.75, 3.05) is 0 Å². The highest BCUT2D eigenvalue weighted by Gasteiger charge is 2.26. The lowest BCUT2D eigenvalue weighted by Crippen LogP contribution is -2.30. The number of ether oxygens (including phenoxy) is 1. The number of halogens is 1. The molecule has 0 unspecified atom stereocenters. The highest BCUT2D eigenvalue weighted by molar-refractivity contribution is 14.1. The first-order valence-electron chi connectivity index (χ1n) is 7.79. The van der Waals surface area contributed by atoms with E-state index >= 15 is 0 Å². The van der Waals surface area contributed by atoms with E-state index in [1.807, 2.05) is 41.1 Å². The standard InChI is InChI=1S/C19H19IN2O2/c1-19(2,18(20)23)24-13-16-15-10-6-7-11-17(15)22(21-16)12-14-8-4-3-5-9-14/h3-11H,12-13H2,1-2H3. The van der Waals surface area contributed by atoms with E-state index in [2.05, 4.69) is 18.2 Å². The average Bonchev–Trinajstić information content (AvgIpc) is 2.92. The summed E-state index contributed by atoms with van der Waals surface area (Å²) >= 11 is 1.78. The highest BCUT2D eigenvalue weighted by atomic mass is 127. The van der Waals surface area contributed by atoms with Gasteiger partial charge in [0.25, 0.3) is 0 Å². The van der Waals surface area contributed by atoms with Crippen molar-refractivity contribution in [3.63, 3.8) is 0 Å². The SMILES string of the molecule is CC(C)(OCc1nn(Cc2ccccc2)c2ccccc12)C(=O)I. The minimum absolute atomic E-state index is 0.0203. The Morgan fingerprint density at radius 1 is 1.12 bits per heavy atom. The molecular weight excluding hydrogens is 415 g/mol. The number of fused-ring (bicyclic) bond motifs is 1. The molecule has 0 amide bonds. The molecule has 3 aromatic rings. The van der Waals surface area contributed by atoms with Crippen LogP contribution in [-0.2, 0) is 22.7 Å². The van der Waals surface area contributed by atoms with Crippen LogP contribution in [0.3, 0.4) is 0 Å². The van der Waals surface area contributed by atoms with Gasteiger partial charge in [-0.15, -0.1) is 0 Å². The van der Waals surface area contributed by atoms with Gasteiger partial charge in [-0.25, -0.2) is 0 Å². The molecule has 0 radical (unpaired) electrons. The van der Waals surface area contributed by atoms with E-state index in [9.17, 15) is 4.79 Å². The van der Waals surface area contributed by atoms with Gasteiger partial charge in [-0.05, 0) is 25.5 Å². The lowest BCUT2D eigenvalue weighted by atomic mass is 10.1. The fourth-order valence-electron chi connectivity index (χ4n) is 2.49. The van der Waals surface area contributed by atoms with E-state index in [-0.39, 0.29) is 3.79 Å². The summed E-state index contributed by atoms with van der Waals surface area (Å²) in [6.07, 6.45) is 0. The monoisotopic (exact) mass is 434 g/mol. The molecule has 0 aliphatic rings. The Labute approximate surface area is 155 Å². The molecule has 1 aromatic heterocycles. The van der Waals surface area contributed by atoms with Crippen molar-refractivity contribution in [1.29, 1.82) is 0 Å². The van der Waals surface area contributed by atoms with Crippen molar-refractivity contribution in [2.24, 2.45) is 0 Å². The molecule has 0 aliphatic heterocycles. The first-order chi connectivity index (χ1) is 11.5. The molecule has 24 heavy (non-hydrogen) atoms. The predicted molar refractivity (Wildman–Crippen MR) is 103 cm³/mol. The van der Waals surface area contributed by atoms with Gasteiger partial charge in [0.2, 0.25) is 3.79 Å². The van der Waals surface area contributed by atoms with Crippen LogP contribution in [0.1, 0.15) is 25.1 Å². The van der Waals surface area contributed by atoms with Gasteiger partial charge in [0.1, 0.15) is 5.60 Å². The molecule has 0 aliphatic carbocycles. The Morgan fingerprint density at radius 3 is 2.50 bits per heavy atom. The summed E-state index contributed by atoms with van der Waals surface area (Å²) in [5.74, 6) is 0. The predicted octanol–water partition coefficient (Wildman–Crippen LogP) is 4.34. The zero-order valence-electron chi connectivity index (χ0n) is 13.7. The molecule has 0 bridgehead atoms. The summed E-state index contributed by atoms with van der Waals surface area (Å²) in [7, 11) is 0. The van der Waals surface area contributed by atoms with E-state index in [0.29, 0.717) is 13.2 Å². The van der Waals surface area contributed by atoms with Crippen LogP contribution in [0, 0.1) is 0 Å². The van der Waals surface area contributed by atoms with Crippen LogP contribution in [0.2, 0.25) is 0 Å². The molecule has 2 aromatic carbocycles. The van der Waals surface area contributed by atoms with Crippen molar-refractivity contribution >= 4 is 37.3 Å². The van der Waals surface area contributed by atoms with Gasteiger partial charge < -0.3 is 4.74 Å². The lowest BCUT2D eigenvalue weighted by molar-refractivity contribution is -0.130. The Hall–Kier alpha value is -1.73. The van der Waals surface area contributed by atoms with Crippen LogP contribution in [0.4, 0.5) is 0 Å². The number of hydrogen-bond acceptors (Lipinski definition) is 3. The number of aromatic nitrogens is 2. The third kappa shape index (κ3) is 3.67. The molecule has 5 heteroatoms. The summed E-state index contributed by atoms with van der Waals surface area (Å²) in [5, 5.41) is 5.79. The summed E-state index contributed by atoms with van der Waals surface area (Å²) in [6.45, 7) is 4.58. The molecule has 0 N–H and O–H groups in total. The molecule has 124 valence electrons. The summed E-state index contributed by atoms with van der Waals surface area (Å²) in [4.78, 5) is 11.6. The Bertz CT molecular complexity index is 856. The van der Waals surface area contributed by atoms with E-state index in [0.717, 1.165) is 16.6 Å². The molecule has 0 spiro atoms. The van der Waals surface area contributed by atoms with Gasteiger partial charge in [0.15, 0.2) is 0 Å². The number of carbonyl (C=O) groups is 1. The van der Waals surface area contributed by atoms with Gasteiger partial charge in [0.05, 0.1) is 24.4 Å². The summed E-state index contributed by atoms with van der Waals surface area (Å²) in [5.41, 5.74) is 2.30. The Balaban J connectivity index is 1.90. The topological polar surface area (TPSA) is 44.1 Å². The van der Waals surface area contributed by atoms with E-state index in [1.165, 1.54) is 5.56 Å². The number of hydrogen-bond donors (Lipinski definition) is 0. The number of carbonyl (C=O) groups excluding carboxylic acids is 1. The first kappa shape index (κ1) is 17.1. The Morgan fingerprint density at radius 2 is 1.79 bits per heavy atom. The molecule has 3 rings (SSSR count). The maximum atomic E-state index is 11.6. The van der Waals surface area contributed by atoms with Crippen molar-refractivity contribution in [3.05, 3.63) is 65.9 Å². The minimum atomic E-state index is -0.815. The average molecular weight is 434 g/mol. The van der Waals surface area contributed by atoms with Crippen LogP contribution in [0.15, 0.2) is 54.6 Å². The summed E-state index contributed by atoms with van der Waals surface area (Å²) < 4.78 is 7.78. The van der Waals surface area contributed by atoms with Crippen molar-refractivity contribution in [1.82, 2.24) is 9.78 Å². The van der Waals surface area contributed by atoms with Crippen molar-refractivity contribution in [2.45, 2.75) is 32.6 Å². The zero-order valence-corrected chi connectivity index (χ0v) is 15.9. The maximum Gasteiger partial charge on any atom is 0.223 e. The third-order valence-corrected chi connectivity index (χ3v) is 5.25. The van der Waals surface area contributed by atoms with Crippen LogP contribution >= 0.6 is 22.6 Å². The minimum Gasteiger partial charge on any atom is -0.361 e. The van der Waals surface area contributed by atoms with Gasteiger partial charge >= 0.3 is 0 Å². The van der Waals surface area contributed by atoms with Gasteiger partial charge in [0, 0.05) is 28.0 Å². The number of rotatable bonds is 6. The van der Waals surface area contributed by atoms with E-state index < -0.39 is 5.60 Å². The second-order valence-corrected chi connectivity index (χ2v) is 7.16. The van der Waals surface area contributed by atoms with Crippen molar-refractivity contribution in [3.8, 4) is 0 Å². The second kappa shape index (κ2) is 7.03. The largest absolute Gasteiger partial charge is 0.361 e. The smallest absolute Gasteiger partial charge is 0.223 e. The first-order valence-corrected chi connectivity index (χ1v) is 8.87. The molecule has 0 atom stereocenters. The quantitative estimate of drug-likeness (QED) is 0.428. The van der Waals surface area contributed by atoms with Gasteiger partial charge in [-0.3, -0.25) is 9.48 Å². The van der Waals surface area contributed by atoms with Crippen LogP contribution < -0.4 is 0 Å². The summed E-state index contributed by atoms with van der Waals surface area (Å²) in [6, 6.07) is 18.3. The van der Waals surface area contributed by atoms with E-state index in [1.54, 1.807) is 36.4 Å². The molecule has 0 fully saturated rings. The highest BCUT2D eigenvalue weighted by Crippen LogP contribution is 2.23. The number of benzene rings is 2. The van der Waals surface area contributed by atoms with Gasteiger partial charge in [-0.2, -0.15) is 5.10 Å². The lowest BCUT2D eigenvalue weighted by Gasteiger charge is -2.20. The fourth-order valence-corrected chi connectivity index (χ4v) is 2.64. The molecular formula is C19H19IN2O2. The van der Waals surface area contributed by atoms with Crippen molar-refractivity contribution < 1.29 is 9.53 Å². The Kier molecular flexibility index (Phi) is 5.01. The fraction of sp³-hybridized carbons (Fsp3) is 0.263. The van der Waals surface area contributed by atoms with Crippen LogP contribution in [0.5, 0.6) is 0 Å². The number of para-hydroxylation sites is 1. The van der Waals surface area contributed by atoms with Crippen LogP contribution in [-0.4, -0.2) is 19.2 Å². The maximum absolute atomic E-state index is 11.6. The molecule has 0 saturated carbocycles. The van der Waals surface area contributed by atoms with Gasteiger partial charge in [-0.1, -0.05) is 48.5 Å². The molecule has 1 heterocycles. The molecule has 4 nitrogen and oxygen atoms in total.